The minimum absolute atomic E-state index is 0.493. The molecule has 0 aliphatic carbocycles. The largest absolute Gasteiger partial charge is 0.381 e. The zero-order valence-electron chi connectivity index (χ0n) is 15.0. The van der Waals surface area contributed by atoms with Crippen molar-refractivity contribution in [2.75, 3.05) is 13.2 Å². The summed E-state index contributed by atoms with van der Waals surface area (Å²) in [6.07, 6.45) is 5.47. The third-order valence-electron chi connectivity index (χ3n) is 4.83. The van der Waals surface area contributed by atoms with E-state index >= 15 is 0 Å². The van der Waals surface area contributed by atoms with Crippen molar-refractivity contribution in [3.8, 4) is 17.1 Å². The zero-order chi connectivity index (χ0) is 18.2. The lowest BCUT2D eigenvalue weighted by Crippen LogP contribution is -2.10. The van der Waals surface area contributed by atoms with Gasteiger partial charge in [0.2, 0.25) is 0 Å². The molecule has 1 saturated heterocycles. The molecule has 7 heteroatoms. The quantitative estimate of drug-likeness (QED) is 0.541. The first-order chi connectivity index (χ1) is 13.3. The molecule has 1 aliphatic heterocycles. The molecule has 136 valence electrons. The van der Waals surface area contributed by atoms with Gasteiger partial charge in [0.25, 0.3) is 0 Å². The number of pyridine rings is 1. The number of thiazole rings is 1. The third-order valence-corrected chi connectivity index (χ3v) is 5.77. The van der Waals surface area contributed by atoms with Crippen molar-refractivity contribution in [3.63, 3.8) is 0 Å². The van der Waals surface area contributed by atoms with Crippen molar-refractivity contribution in [2.24, 2.45) is 5.92 Å². The molecule has 27 heavy (non-hydrogen) atoms. The number of rotatable bonds is 4. The van der Waals surface area contributed by atoms with Crippen LogP contribution in [0.3, 0.4) is 0 Å². The summed E-state index contributed by atoms with van der Waals surface area (Å²) >= 11 is 1.70. The molecule has 0 N–H and O–H groups in total. The molecule has 4 heterocycles. The van der Waals surface area contributed by atoms with E-state index < -0.39 is 0 Å². The Bertz CT molecular complexity index is 1080. The van der Waals surface area contributed by atoms with Crippen molar-refractivity contribution in [1.82, 2.24) is 24.7 Å². The maximum absolute atomic E-state index is 5.55. The van der Waals surface area contributed by atoms with Crippen LogP contribution in [0.15, 0.2) is 42.7 Å². The summed E-state index contributed by atoms with van der Waals surface area (Å²) in [5, 5.41) is 5.90. The van der Waals surface area contributed by atoms with Gasteiger partial charge < -0.3 is 4.74 Å². The summed E-state index contributed by atoms with van der Waals surface area (Å²) < 4.78 is 8.70. The Kier molecular flexibility index (Phi) is 4.18. The SMILES string of the molecule is Cc1nc2ccc(-n3nc(-c4ccncc4)nc3C[C@@H]3CCOC3)cc2s1. The average Bonchev–Trinajstić information content (AvgIpc) is 3.41. The molecule has 1 aromatic carbocycles. The van der Waals surface area contributed by atoms with Crippen LogP contribution in [0.25, 0.3) is 27.3 Å². The minimum Gasteiger partial charge on any atom is -0.381 e. The van der Waals surface area contributed by atoms with Crippen LogP contribution in [0.5, 0.6) is 0 Å². The molecule has 0 bridgehead atoms. The molecule has 4 aromatic rings. The van der Waals surface area contributed by atoms with Gasteiger partial charge in [-0.25, -0.2) is 14.6 Å². The number of benzene rings is 1. The highest BCUT2D eigenvalue weighted by molar-refractivity contribution is 7.18. The first kappa shape index (κ1) is 16.5. The van der Waals surface area contributed by atoms with Crippen LogP contribution in [-0.4, -0.2) is 37.9 Å². The molecule has 0 unspecified atom stereocenters. The average molecular weight is 377 g/mol. The number of aromatic nitrogens is 5. The van der Waals surface area contributed by atoms with Crippen LogP contribution < -0.4 is 0 Å². The van der Waals surface area contributed by atoms with E-state index in [1.807, 2.05) is 23.7 Å². The molecule has 0 amide bonds. The molecular weight excluding hydrogens is 358 g/mol. The first-order valence-electron chi connectivity index (χ1n) is 9.08. The van der Waals surface area contributed by atoms with Crippen LogP contribution in [-0.2, 0) is 11.2 Å². The highest BCUT2D eigenvalue weighted by Crippen LogP contribution is 2.27. The summed E-state index contributed by atoms with van der Waals surface area (Å²) in [4.78, 5) is 13.5. The van der Waals surface area contributed by atoms with E-state index in [1.165, 1.54) is 4.70 Å². The van der Waals surface area contributed by atoms with E-state index in [0.29, 0.717) is 5.92 Å². The minimum atomic E-state index is 0.493. The van der Waals surface area contributed by atoms with Gasteiger partial charge in [-0.3, -0.25) is 4.98 Å². The zero-order valence-corrected chi connectivity index (χ0v) is 15.8. The lowest BCUT2D eigenvalue weighted by molar-refractivity contribution is 0.185. The monoisotopic (exact) mass is 377 g/mol. The lowest BCUT2D eigenvalue weighted by atomic mass is 10.0. The van der Waals surface area contributed by atoms with Crippen molar-refractivity contribution in [2.45, 2.75) is 19.8 Å². The van der Waals surface area contributed by atoms with Crippen molar-refractivity contribution in [1.29, 1.82) is 0 Å². The van der Waals surface area contributed by atoms with E-state index in [9.17, 15) is 0 Å². The number of hydrogen-bond acceptors (Lipinski definition) is 6. The Morgan fingerprint density at radius 1 is 1.19 bits per heavy atom. The van der Waals surface area contributed by atoms with Gasteiger partial charge in [0, 0.05) is 37.6 Å². The molecular formula is C20H19N5OS. The smallest absolute Gasteiger partial charge is 0.181 e. The summed E-state index contributed by atoms with van der Waals surface area (Å²) in [6.45, 7) is 3.67. The van der Waals surface area contributed by atoms with E-state index in [-0.39, 0.29) is 0 Å². The lowest BCUT2D eigenvalue weighted by Gasteiger charge is -2.09. The number of aryl methyl sites for hydroxylation is 1. The predicted octanol–water partition coefficient (Wildman–Crippen LogP) is 3.83. The molecule has 3 aromatic heterocycles. The van der Waals surface area contributed by atoms with Gasteiger partial charge in [-0.15, -0.1) is 16.4 Å². The van der Waals surface area contributed by atoms with Crippen LogP contribution in [0, 0.1) is 12.8 Å². The Labute approximate surface area is 160 Å². The molecule has 0 saturated carbocycles. The van der Waals surface area contributed by atoms with Crippen LogP contribution in [0.1, 0.15) is 17.3 Å². The molecule has 6 nitrogen and oxygen atoms in total. The Hall–Kier alpha value is -2.64. The number of nitrogens with zero attached hydrogens (tertiary/aromatic N) is 5. The third kappa shape index (κ3) is 3.24. The highest BCUT2D eigenvalue weighted by Gasteiger charge is 2.21. The van der Waals surface area contributed by atoms with Gasteiger partial charge in [0.05, 0.1) is 20.9 Å². The summed E-state index contributed by atoms with van der Waals surface area (Å²) in [5.74, 6) is 2.19. The number of hydrogen-bond donors (Lipinski definition) is 0. The number of fused-ring (bicyclic) bond motifs is 1. The van der Waals surface area contributed by atoms with E-state index in [2.05, 4.69) is 28.2 Å². The summed E-state index contributed by atoms with van der Waals surface area (Å²) in [6, 6.07) is 10.2. The first-order valence-corrected chi connectivity index (χ1v) is 9.89. The van der Waals surface area contributed by atoms with E-state index in [0.717, 1.165) is 59.5 Å². The molecule has 1 atom stereocenters. The van der Waals surface area contributed by atoms with Gasteiger partial charge in [0.1, 0.15) is 5.82 Å². The molecule has 1 aliphatic rings. The second kappa shape index (κ2) is 6.83. The Balaban J connectivity index is 1.60. The van der Waals surface area contributed by atoms with Crippen LogP contribution in [0.2, 0.25) is 0 Å². The predicted molar refractivity (Wildman–Crippen MR) is 105 cm³/mol. The highest BCUT2D eigenvalue weighted by atomic mass is 32.1. The van der Waals surface area contributed by atoms with Gasteiger partial charge in [-0.05, 0) is 49.6 Å². The van der Waals surface area contributed by atoms with Crippen molar-refractivity contribution < 1.29 is 4.74 Å². The van der Waals surface area contributed by atoms with Gasteiger partial charge in [-0.1, -0.05) is 0 Å². The number of ether oxygens (including phenoxy) is 1. The standard InChI is InChI=1S/C20H19N5OS/c1-13-22-17-3-2-16(11-18(17)27-13)25-19(10-14-6-9-26-12-14)23-20(24-25)15-4-7-21-8-5-15/h2-5,7-8,11,14H,6,9-10,12H2,1H3/t14-/m0/s1. The van der Waals surface area contributed by atoms with Gasteiger partial charge >= 0.3 is 0 Å². The van der Waals surface area contributed by atoms with Gasteiger partial charge in [-0.2, -0.15) is 0 Å². The normalized spacial score (nSPS) is 17.0. The Morgan fingerprint density at radius 3 is 2.89 bits per heavy atom. The van der Waals surface area contributed by atoms with Crippen LogP contribution in [0.4, 0.5) is 0 Å². The second-order valence-electron chi connectivity index (χ2n) is 6.82. The van der Waals surface area contributed by atoms with E-state index in [1.54, 1.807) is 23.7 Å². The molecule has 0 radical (unpaired) electrons. The fourth-order valence-corrected chi connectivity index (χ4v) is 4.33. The summed E-state index contributed by atoms with van der Waals surface area (Å²) in [7, 11) is 0. The van der Waals surface area contributed by atoms with E-state index in [4.69, 9.17) is 14.8 Å². The topological polar surface area (TPSA) is 65.7 Å². The van der Waals surface area contributed by atoms with Crippen molar-refractivity contribution in [3.05, 3.63) is 53.6 Å². The van der Waals surface area contributed by atoms with Gasteiger partial charge in [0.15, 0.2) is 5.82 Å². The van der Waals surface area contributed by atoms with Crippen LogP contribution >= 0.6 is 11.3 Å². The molecule has 0 spiro atoms. The summed E-state index contributed by atoms with van der Waals surface area (Å²) in [5.41, 5.74) is 3.02. The second-order valence-corrected chi connectivity index (χ2v) is 8.05. The Morgan fingerprint density at radius 2 is 2.07 bits per heavy atom. The fourth-order valence-electron chi connectivity index (χ4n) is 3.47. The molecule has 1 fully saturated rings. The maximum Gasteiger partial charge on any atom is 0.181 e. The fraction of sp³-hybridized carbons (Fsp3) is 0.300. The molecule has 5 rings (SSSR count). The maximum atomic E-state index is 5.55. The van der Waals surface area contributed by atoms with Crippen molar-refractivity contribution >= 4 is 21.6 Å².